The molecule has 0 atom stereocenters. The van der Waals surface area contributed by atoms with Crippen LogP contribution in [0.5, 0.6) is 0 Å². The highest BCUT2D eigenvalue weighted by atomic mass is 32.2. The fourth-order valence-electron chi connectivity index (χ4n) is 2.19. The van der Waals surface area contributed by atoms with Crippen molar-refractivity contribution in [1.29, 1.82) is 0 Å². The first-order valence-corrected chi connectivity index (χ1v) is 7.76. The van der Waals surface area contributed by atoms with Crippen LogP contribution in [-0.2, 0) is 14.8 Å². The van der Waals surface area contributed by atoms with Gasteiger partial charge in [0.1, 0.15) is 0 Å². The van der Waals surface area contributed by atoms with E-state index in [1.165, 1.54) is 0 Å². The molecule has 0 radical (unpaired) electrons. The van der Waals surface area contributed by atoms with E-state index in [4.69, 9.17) is 5.11 Å². The summed E-state index contributed by atoms with van der Waals surface area (Å²) in [6, 6.07) is 0. The minimum absolute atomic E-state index is 0.187. The third kappa shape index (κ3) is 4.63. The summed E-state index contributed by atoms with van der Waals surface area (Å²) in [7, 11) is -3.07. The molecule has 0 spiro atoms. The lowest BCUT2D eigenvalue weighted by Gasteiger charge is -2.30. The predicted octanol–water partition coefficient (Wildman–Crippen LogP) is 1.30. The van der Waals surface area contributed by atoms with Crippen LogP contribution in [0.15, 0.2) is 0 Å². The zero-order valence-electron chi connectivity index (χ0n) is 10.3. The smallest absolute Gasteiger partial charge is 0.303 e. The molecule has 100 valence electrons. The summed E-state index contributed by atoms with van der Waals surface area (Å²) in [6.07, 6.45) is 3.07. The Bertz CT molecular complexity index is 344. The second-order valence-corrected chi connectivity index (χ2v) is 6.68. The summed E-state index contributed by atoms with van der Waals surface area (Å²) in [5, 5.41) is 8.59. The molecule has 17 heavy (non-hydrogen) atoms. The molecule has 0 saturated carbocycles. The van der Waals surface area contributed by atoms with Crippen LogP contribution in [-0.4, -0.2) is 42.6 Å². The molecule has 0 unspecified atom stereocenters. The maximum absolute atomic E-state index is 11.8. The minimum Gasteiger partial charge on any atom is -0.481 e. The van der Waals surface area contributed by atoms with Crippen molar-refractivity contribution in [2.45, 2.75) is 39.0 Å². The Balaban J connectivity index is 2.38. The minimum atomic E-state index is -3.07. The van der Waals surface area contributed by atoms with E-state index in [1.54, 1.807) is 4.31 Å². The Morgan fingerprint density at radius 3 is 2.41 bits per heavy atom. The van der Waals surface area contributed by atoms with Gasteiger partial charge in [0.05, 0.1) is 5.75 Å². The molecule has 6 heteroatoms. The summed E-state index contributed by atoms with van der Waals surface area (Å²) < 4.78 is 25.1. The molecule has 1 rings (SSSR count). The average Bonchev–Trinajstić information content (AvgIpc) is 2.27. The summed E-state index contributed by atoms with van der Waals surface area (Å²) in [5.74, 6) is -0.197. The zero-order chi connectivity index (χ0) is 12.9. The van der Waals surface area contributed by atoms with E-state index in [-0.39, 0.29) is 12.2 Å². The fraction of sp³-hybridized carbons (Fsp3) is 0.909. The van der Waals surface area contributed by atoms with Crippen molar-refractivity contribution in [3.8, 4) is 0 Å². The topological polar surface area (TPSA) is 74.7 Å². The lowest BCUT2D eigenvalue weighted by Crippen LogP contribution is -2.39. The van der Waals surface area contributed by atoms with Crippen LogP contribution in [0.2, 0.25) is 0 Å². The molecule has 1 saturated heterocycles. The number of carbonyl (C=O) groups is 1. The zero-order valence-corrected chi connectivity index (χ0v) is 11.1. The molecule has 1 aliphatic heterocycles. The molecule has 1 aliphatic rings. The van der Waals surface area contributed by atoms with Crippen molar-refractivity contribution < 1.29 is 18.3 Å². The largest absolute Gasteiger partial charge is 0.481 e. The molecular weight excluding hydrogens is 242 g/mol. The van der Waals surface area contributed by atoms with Gasteiger partial charge in [-0.25, -0.2) is 12.7 Å². The molecule has 1 fully saturated rings. The molecule has 1 N–H and O–H groups in total. The Morgan fingerprint density at radius 2 is 1.94 bits per heavy atom. The lowest BCUT2D eigenvalue weighted by atomic mass is 9.93. The highest BCUT2D eigenvalue weighted by Gasteiger charge is 2.27. The number of aliphatic carboxylic acids is 1. The van der Waals surface area contributed by atoms with Crippen molar-refractivity contribution in [3.63, 3.8) is 0 Å². The molecule has 0 bridgehead atoms. The van der Waals surface area contributed by atoms with E-state index < -0.39 is 16.0 Å². The van der Waals surface area contributed by atoms with Crippen molar-refractivity contribution in [3.05, 3.63) is 0 Å². The normalized spacial score (nSPS) is 19.4. The van der Waals surface area contributed by atoms with E-state index in [0.29, 0.717) is 31.8 Å². The Kier molecular flexibility index (Phi) is 5.39. The van der Waals surface area contributed by atoms with Crippen LogP contribution in [0.1, 0.15) is 39.0 Å². The van der Waals surface area contributed by atoms with Gasteiger partial charge < -0.3 is 5.11 Å². The molecule has 0 aromatic heterocycles. The van der Waals surface area contributed by atoms with Gasteiger partial charge in [-0.15, -0.1) is 0 Å². The fourth-order valence-corrected chi connectivity index (χ4v) is 3.73. The van der Waals surface area contributed by atoms with Crippen LogP contribution in [0.25, 0.3) is 0 Å². The number of nitrogens with zero attached hydrogens (tertiary/aromatic N) is 1. The van der Waals surface area contributed by atoms with Gasteiger partial charge >= 0.3 is 5.97 Å². The third-order valence-electron chi connectivity index (χ3n) is 3.20. The second-order valence-electron chi connectivity index (χ2n) is 4.59. The highest BCUT2D eigenvalue weighted by molar-refractivity contribution is 7.89. The summed E-state index contributed by atoms with van der Waals surface area (Å²) in [4.78, 5) is 10.4. The van der Waals surface area contributed by atoms with Crippen LogP contribution < -0.4 is 0 Å². The molecule has 5 nitrogen and oxygen atoms in total. The number of carboxylic acids is 1. The van der Waals surface area contributed by atoms with Gasteiger partial charge in [0.2, 0.25) is 10.0 Å². The van der Waals surface area contributed by atoms with Gasteiger partial charge in [-0.2, -0.15) is 0 Å². The first-order valence-electron chi connectivity index (χ1n) is 6.15. The maximum atomic E-state index is 11.8. The number of hydrogen-bond donors (Lipinski definition) is 1. The quantitative estimate of drug-likeness (QED) is 0.784. The first-order chi connectivity index (χ1) is 7.95. The van der Waals surface area contributed by atoms with E-state index in [9.17, 15) is 13.2 Å². The van der Waals surface area contributed by atoms with Crippen LogP contribution >= 0.6 is 0 Å². The molecule has 0 aromatic rings. The maximum Gasteiger partial charge on any atom is 0.303 e. The van der Waals surface area contributed by atoms with Crippen LogP contribution in [0.3, 0.4) is 0 Å². The predicted molar refractivity (Wildman–Crippen MR) is 65.2 cm³/mol. The van der Waals surface area contributed by atoms with E-state index in [2.05, 4.69) is 0 Å². The first kappa shape index (κ1) is 14.4. The summed E-state index contributed by atoms with van der Waals surface area (Å²) >= 11 is 0. The van der Waals surface area contributed by atoms with Crippen molar-refractivity contribution in [2.24, 2.45) is 5.92 Å². The second kappa shape index (κ2) is 6.35. The molecule has 1 heterocycles. The van der Waals surface area contributed by atoms with E-state index in [0.717, 1.165) is 12.8 Å². The molecule has 0 amide bonds. The van der Waals surface area contributed by atoms with E-state index in [1.807, 2.05) is 6.92 Å². The Labute approximate surface area is 103 Å². The van der Waals surface area contributed by atoms with Gasteiger partial charge in [0, 0.05) is 19.5 Å². The monoisotopic (exact) mass is 263 g/mol. The number of rotatable bonds is 6. The average molecular weight is 263 g/mol. The van der Waals surface area contributed by atoms with Gasteiger partial charge in [-0.3, -0.25) is 4.79 Å². The van der Waals surface area contributed by atoms with E-state index >= 15 is 0 Å². The molecule has 0 aliphatic carbocycles. The van der Waals surface area contributed by atoms with Crippen LogP contribution in [0.4, 0.5) is 0 Å². The molecular formula is C11H21NO4S. The van der Waals surface area contributed by atoms with Gasteiger partial charge in [0.15, 0.2) is 0 Å². The Morgan fingerprint density at radius 1 is 1.35 bits per heavy atom. The summed E-state index contributed by atoms with van der Waals surface area (Å²) in [5.41, 5.74) is 0. The van der Waals surface area contributed by atoms with Crippen molar-refractivity contribution in [2.75, 3.05) is 18.8 Å². The highest BCUT2D eigenvalue weighted by Crippen LogP contribution is 2.23. The Hall–Kier alpha value is -0.620. The molecule has 0 aromatic carbocycles. The van der Waals surface area contributed by atoms with Crippen molar-refractivity contribution in [1.82, 2.24) is 4.31 Å². The standard InChI is InChI=1S/C11H21NO4S/c1-2-9-17(15,16)12-7-5-10(6-8-12)3-4-11(13)14/h10H,2-9H2,1H3,(H,13,14). The van der Waals surface area contributed by atoms with Crippen LogP contribution in [0, 0.1) is 5.92 Å². The van der Waals surface area contributed by atoms with Crippen molar-refractivity contribution >= 4 is 16.0 Å². The number of piperidine rings is 1. The summed E-state index contributed by atoms with van der Waals surface area (Å²) in [6.45, 7) is 2.95. The van der Waals surface area contributed by atoms with Gasteiger partial charge in [-0.1, -0.05) is 6.92 Å². The van der Waals surface area contributed by atoms with Gasteiger partial charge in [-0.05, 0) is 31.6 Å². The number of hydrogen-bond acceptors (Lipinski definition) is 3. The number of sulfonamides is 1. The SMILES string of the molecule is CCCS(=O)(=O)N1CCC(CCC(=O)O)CC1. The number of carboxylic acid groups (broad SMARTS) is 1. The van der Waals surface area contributed by atoms with Gasteiger partial charge in [0.25, 0.3) is 0 Å². The third-order valence-corrected chi connectivity index (χ3v) is 5.27. The lowest BCUT2D eigenvalue weighted by molar-refractivity contribution is -0.137.